The first kappa shape index (κ1) is 13.9. The Morgan fingerprint density at radius 1 is 0.955 bits per heavy atom. The summed E-state index contributed by atoms with van der Waals surface area (Å²) < 4.78 is 0. The van der Waals surface area contributed by atoms with E-state index in [1.54, 1.807) is 0 Å². The summed E-state index contributed by atoms with van der Waals surface area (Å²) in [5.41, 5.74) is 2.35. The van der Waals surface area contributed by atoms with Crippen LogP contribution in [0, 0.1) is 5.92 Å². The van der Waals surface area contributed by atoms with Gasteiger partial charge in [0.05, 0.1) is 18.0 Å². The largest absolute Gasteiger partial charge is 0.299 e. The van der Waals surface area contributed by atoms with Crippen molar-refractivity contribution < 1.29 is 4.79 Å². The molecule has 3 heteroatoms. The first-order chi connectivity index (χ1) is 10.8. The average Bonchev–Trinajstić information content (AvgIpc) is 2.75. The van der Waals surface area contributed by atoms with Crippen LogP contribution >= 0.6 is 0 Å². The maximum absolute atomic E-state index is 12.6. The zero-order chi connectivity index (χ0) is 14.9. The fourth-order valence-corrected chi connectivity index (χ4v) is 4.10. The lowest BCUT2D eigenvalue weighted by atomic mass is 9.77. The maximum Gasteiger partial charge on any atom is 0.147 e. The van der Waals surface area contributed by atoms with Crippen molar-refractivity contribution in [3.8, 4) is 0 Å². The van der Waals surface area contributed by atoms with E-state index < -0.39 is 0 Å². The molecule has 2 fully saturated rings. The number of carbonyl (C=O) groups is 1. The van der Waals surface area contributed by atoms with E-state index in [9.17, 15) is 4.79 Å². The van der Waals surface area contributed by atoms with Gasteiger partial charge in [0, 0.05) is 18.3 Å². The Labute approximate surface area is 131 Å². The lowest BCUT2D eigenvalue weighted by molar-refractivity contribution is -0.120. The monoisotopic (exact) mass is 294 g/mol. The fourth-order valence-electron chi connectivity index (χ4n) is 4.10. The highest BCUT2D eigenvalue weighted by Crippen LogP contribution is 2.35. The van der Waals surface area contributed by atoms with E-state index >= 15 is 0 Å². The summed E-state index contributed by atoms with van der Waals surface area (Å²) in [6.45, 7) is 0. The molecule has 1 aromatic rings. The molecular formula is C19H22N2O. The van der Waals surface area contributed by atoms with Crippen molar-refractivity contribution in [1.82, 2.24) is 0 Å². The van der Waals surface area contributed by atoms with Crippen LogP contribution in [0.2, 0.25) is 0 Å². The van der Waals surface area contributed by atoms with Gasteiger partial charge in [-0.15, -0.1) is 0 Å². The molecule has 4 rings (SSSR count). The number of aliphatic imine (C=N–C) groups is 2. The third kappa shape index (κ3) is 2.53. The van der Waals surface area contributed by atoms with E-state index in [-0.39, 0.29) is 11.8 Å². The van der Waals surface area contributed by atoms with Crippen molar-refractivity contribution >= 4 is 17.7 Å². The fraction of sp³-hybridized carbons (Fsp3) is 0.526. The summed E-state index contributed by atoms with van der Waals surface area (Å²) in [6, 6.07) is 11.0. The quantitative estimate of drug-likeness (QED) is 0.780. The molecule has 0 N–H and O–H groups in total. The minimum absolute atomic E-state index is 0.148. The molecule has 4 atom stereocenters. The number of carbonyl (C=O) groups excluding carboxylic acids is 1. The van der Waals surface area contributed by atoms with Gasteiger partial charge in [0.2, 0.25) is 0 Å². The third-order valence-electron chi connectivity index (χ3n) is 5.33. The topological polar surface area (TPSA) is 41.8 Å². The van der Waals surface area contributed by atoms with Crippen LogP contribution in [0.15, 0.2) is 40.3 Å². The molecule has 1 heterocycles. The molecule has 3 aliphatic rings. The molecule has 0 saturated heterocycles. The summed E-state index contributed by atoms with van der Waals surface area (Å²) in [5.74, 6) is 0.434. The third-order valence-corrected chi connectivity index (χ3v) is 5.33. The molecule has 22 heavy (non-hydrogen) atoms. The highest BCUT2D eigenvalue weighted by atomic mass is 16.1. The van der Waals surface area contributed by atoms with Crippen LogP contribution in [0.1, 0.15) is 50.0 Å². The summed E-state index contributed by atoms with van der Waals surface area (Å²) in [5, 5.41) is 0. The first-order valence-electron chi connectivity index (χ1n) is 8.49. The Morgan fingerprint density at radius 2 is 1.73 bits per heavy atom. The second kappa shape index (κ2) is 5.79. The highest BCUT2D eigenvalue weighted by molar-refractivity contribution is 6.18. The normalized spacial score (nSPS) is 34.4. The second-order valence-electron chi connectivity index (χ2n) is 6.80. The Kier molecular flexibility index (Phi) is 3.65. The van der Waals surface area contributed by atoms with Crippen molar-refractivity contribution in [2.45, 2.75) is 56.5 Å². The van der Waals surface area contributed by atoms with Gasteiger partial charge in [-0.25, -0.2) is 0 Å². The van der Waals surface area contributed by atoms with Crippen molar-refractivity contribution in [2.24, 2.45) is 15.9 Å². The maximum atomic E-state index is 12.6. The number of hydrogen-bond donors (Lipinski definition) is 0. The van der Waals surface area contributed by atoms with Crippen LogP contribution in [0.4, 0.5) is 0 Å². The van der Waals surface area contributed by atoms with Gasteiger partial charge in [0.25, 0.3) is 0 Å². The standard InChI is InChI=1S/C19H22N2O/c22-19-11-14(13-6-2-1-3-7-13)10-18-15(19)12-20-16-8-4-5-9-17(16)21-18/h1-3,6-7,12,14-17H,4-5,8-11H2/t14-,15?,16+,17+/m1/s1. The van der Waals surface area contributed by atoms with Crippen LogP contribution in [-0.4, -0.2) is 29.8 Å². The van der Waals surface area contributed by atoms with Crippen molar-refractivity contribution in [3.63, 3.8) is 0 Å². The molecule has 0 aromatic heterocycles. The van der Waals surface area contributed by atoms with E-state index in [1.165, 1.54) is 18.4 Å². The Morgan fingerprint density at radius 3 is 2.55 bits per heavy atom. The van der Waals surface area contributed by atoms with Gasteiger partial charge in [0.1, 0.15) is 5.78 Å². The molecule has 114 valence electrons. The minimum Gasteiger partial charge on any atom is -0.299 e. The van der Waals surface area contributed by atoms with Crippen LogP contribution in [0.25, 0.3) is 0 Å². The minimum atomic E-state index is -0.148. The van der Waals surface area contributed by atoms with Crippen molar-refractivity contribution in [3.05, 3.63) is 35.9 Å². The van der Waals surface area contributed by atoms with Gasteiger partial charge in [-0.05, 0) is 30.7 Å². The predicted octanol–water partition coefficient (Wildman–Crippen LogP) is 3.59. The van der Waals surface area contributed by atoms with Gasteiger partial charge < -0.3 is 0 Å². The van der Waals surface area contributed by atoms with Crippen LogP contribution < -0.4 is 0 Å². The zero-order valence-electron chi connectivity index (χ0n) is 12.8. The summed E-state index contributed by atoms with van der Waals surface area (Å²) in [7, 11) is 0. The second-order valence-corrected chi connectivity index (χ2v) is 6.80. The predicted molar refractivity (Wildman–Crippen MR) is 88.9 cm³/mol. The zero-order valence-corrected chi connectivity index (χ0v) is 12.8. The molecule has 0 radical (unpaired) electrons. The lowest BCUT2D eigenvalue weighted by Gasteiger charge is -2.28. The van der Waals surface area contributed by atoms with E-state index in [0.717, 1.165) is 25.0 Å². The van der Waals surface area contributed by atoms with E-state index in [2.05, 4.69) is 24.3 Å². The average molecular weight is 294 g/mol. The van der Waals surface area contributed by atoms with Crippen LogP contribution in [-0.2, 0) is 4.79 Å². The molecule has 2 saturated carbocycles. The molecule has 3 nitrogen and oxygen atoms in total. The molecule has 0 amide bonds. The van der Waals surface area contributed by atoms with Gasteiger partial charge in [-0.2, -0.15) is 0 Å². The summed E-state index contributed by atoms with van der Waals surface area (Å²) in [6.07, 6.45) is 8.19. The van der Waals surface area contributed by atoms with Crippen molar-refractivity contribution in [1.29, 1.82) is 0 Å². The Balaban J connectivity index is 1.64. The summed E-state index contributed by atoms with van der Waals surface area (Å²) >= 11 is 0. The Bertz CT molecular complexity index is 620. The number of fused-ring (bicyclic) bond motifs is 2. The van der Waals surface area contributed by atoms with Gasteiger partial charge in [-0.3, -0.25) is 14.8 Å². The number of benzene rings is 1. The number of rotatable bonds is 1. The van der Waals surface area contributed by atoms with E-state index in [1.807, 2.05) is 12.3 Å². The smallest absolute Gasteiger partial charge is 0.147 e. The summed E-state index contributed by atoms with van der Waals surface area (Å²) in [4.78, 5) is 22.3. The molecule has 2 aliphatic carbocycles. The number of nitrogens with zero attached hydrogens (tertiary/aromatic N) is 2. The molecule has 0 bridgehead atoms. The first-order valence-corrected chi connectivity index (χ1v) is 8.49. The van der Waals surface area contributed by atoms with E-state index in [0.29, 0.717) is 24.3 Å². The van der Waals surface area contributed by atoms with Gasteiger partial charge in [-0.1, -0.05) is 43.2 Å². The molecular weight excluding hydrogens is 272 g/mol. The van der Waals surface area contributed by atoms with Gasteiger partial charge in [0.15, 0.2) is 0 Å². The number of ketones is 1. The van der Waals surface area contributed by atoms with E-state index in [4.69, 9.17) is 9.98 Å². The van der Waals surface area contributed by atoms with Crippen LogP contribution in [0.3, 0.4) is 0 Å². The van der Waals surface area contributed by atoms with Crippen LogP contribution in [0.5, 0.6) is 0 Å². The molecule has 1 unspecified atom stereocenters. The van der Waals surface area contributed by atoms with Gasteiger partial charge >= 0.3 is 0 Å². The SMILES string of the molecule is O=C1C[C@H](c2ccccc2)CC2=N[C@H]3CCCC[C@@H]3N=CC12. The molecule has 1 aromatic carbocycles. The molecule has 1 aliphatic heterocycles. The number of Topliss-reactive ketones (excluding diaryl/α,β-unsaturated/α-hetero) is 1. The van der Waals surface area contributed by atoms with Crippen molar-refractivity contribution in [2.75, 3.05) is 0 Å². The Hall–Kier alpha value is -1.77. The molecule has 0 spiro atoms. The lowest BCUT2D eigenvalue weighted by Crippen LogP contribution is -2.34. The highest BCUT2D eigenvalue weighted by Gasteiger charge is 2.37. The number of hydrogen-bond acceptors (Lipinski definition) is 3.